The maximum absolute atomic E-state index is 9.98. The summed E-state index contributed by atoms with van der Waals surface area (Å²) in [6.07, 6.45) is 3.31. The molecule has 8 nitrogen and oxygen atoms in total. The molecule has 0 amide bonds. The fourth-order valence-electron chi connectivity index (χ4n) is 4.59. The number of oxazole rings is 1. The molecule has 6 rings (SSSR count). The van der Waals surface area contributed by atoms with Gasteiger partial charge in [0, 0.05) is 19.0 Å². The molecule has 0 bridgehead atoms. The number of rotatable bonds is 2. The highest BCUT2D eigenvalue weighted by Gasteiger charge is 2.29. The normalized spacial score (nSPS) is 15.1. The van der Waals surface area contributed by atoms with Gasteiger partial charge in [0.25, 0.3) is 0 Å². The third-order valence-electron chi connectivity index (χ3n) is 6.16. The van der Waals surface area contributed by atoms with E-state index in [9.17, 15) is 5.26 Å². The van der Waals surface area contributed by atoms with E-state index >= 15 is 0 Å². The Hall–Kier alpha value is -3.70. The van der Waals surface area contributed by atoms with E-state index in [0.29, 0.717) is 21.9 Å². The number of nitrogens with zero attached hydrogens (tertiary/aromatic N) is 7. The highest BCUT2D eigenvalue weighted by molar-refractivity contribution is 6.29. The Bertz CT molecular complexity index is 1540. The van der Waals surface area contributed by atoms with Crippen molar-refractivity contribution in [3.05, 3.63) is 58.8 Å². The molecule has 1 fully saturated rings. The summed E-state index contributed by atoms with van der Waals surface area (Å²) in [6.45, 7) is 3.53. The molecule has 158 valence electrons. The second kappa shape index (κ2) is 7.18. The minimum absolute atomic E-state index is 0.226. The zero-order valence-electron chi connectivity index (χ0n) is 17.3. The summed E-state index contributed by atoms with van der Waals surface area (Å²) in [4.78, 5) is 11.5. The molecule has 0 atom stereocenters. The van der Waals surface area contributed by atoms with E-state index < -0.39 is 0 Å². The maximum Gasteiger partial charge on any atom is 0.198 e. The van der Waals surface area contributed by atoms with Crippen LogP contribution in [0.2, 0.25) is 5.15 Å². The van der Waals surface area contributed by atoms with Gasteiger partial charge in [-0.2, -0.15) is 5.26 Å². The average Bonchev–Trinajstić information content (AvgIpc) is 3.45. The van der Waals surface area contributed by atoms with E-state index in [1.165, 1.54) is 0 Å². The summed E-state index contributed by atoms with van der Waals surface area (Å²) >= 11 is 6.23. The van der Waals surface area contributed by atoms with Gasteiger partial charge in [-0.1, -0.05) is 17.7 Å². The molecule has 0 unspecified atom stereocenters. The van der Waals surface area contributed by atoms with Crippen LogP contribution in [0.1, 0.15) is 35.8 Å². The molecule has 0 saturated carbocycles. The SMILES string of the molecule is Cc1ccc2oc(C3CCN(c4c(C#N)c5nncn5c5ccc(Cl)nc45)CC3)nc2c1. The fourth-order valence-corrected chi connectivity index (χ4v) is 4.74. The predicted octanol–water partition coefficient (Wildman–Crippen LogP) is 4.64. The Labute approximate surface area is 188 Å². The number of anilines is 1. The van der Waals surface area contributed by atoms with Gasteiger partial charge >= 0.3 is 0 Å². The largest absolute Gasteiger partial charge is 0.440 e. The standard InChI is InChI=1S/C23H18ClN7O/c1-13-2-4-18-16(10-13)27-23(32-18)14-6-8-30(9-7-14)21-15(11-25)22-29-26-12-31(22)17-3-5-19(24)28-20(17)21/h2-5,10,12,14H,6-9H2,1H3. The van der Waals surface area contributed by atoms with E-state index in [4.69, 9.17) is 21.0 Å². The number of hydrogen-bond donors (Lipinski definition) is 0. The fraction of sp³-hybridized carbons (Fsp3) is 0.261. The Morgan fingerprint density at radius 2 is 2.00 bits per heavy atom. The average molecular weight is 444 g/mol. The third-order valence-corrected chi connectivity index (χ3v) is 6.37. The summed E-state index contributed by atoms with van der Waals surface area (Å²) in [5.41, 5.74) is 6.13. The summed E-state index contributed by atoms with van der Waals surface area (Å²) in [6, 6.07) is 12.0. The van der Waals surface area contributed by atoms with E-state index in [0.717, 1.165) is 59.7 Å². The van der Waals surface area contributed by atoms with Crippen LogP contribution >= 0.6 is 11.6 Å². The quantitative estimate of drug-likeness (QED) is 0.367. The van der Waals surface area contributed by atoms with Crippen molar-refractivity contribution in [1.29, 1.82) is 5.26 Å². The van der Waals surface area contributed by atoms with Crippen molar-refractivity contribution >= 4 is 45.1 Å². The number of pyridine rings is 2. The first-order valence-corrected chi connectivity index (χ1v) is 10.8. The van der Waals surface area contributed by atoms with Crippen molar-refractivity contribution < 1.29 is 4.42 Å². The molecular weight excluding hydrogens is 426 g/mol. The van der Waals surface area contributed by atoms with Crippen LogP contribution < -0.4 is 4.90 Å². The second-order valence-electron chi connectivity index (χ2n) is 8.15. The maximum atomic E-state index is 9.98. The van der Waals surface area contributed by atoms with Gasteiger partial charge in [-0.3, -0.25) is 4.40 Å². The van der Waals surface area contributed by atoms with Crippen LogP contribution in [-0.4, -0.2) is 37.7 Å². The van der Waals surface area contributed by atoms with Gasteiger partial charge in [-0.25, -0.2) is 9.97 Å². The molecule has 0 N–H and O–H groups in total. The van der Waals surface area contributed by atoms with E-state index in [-0.39, 0.29) is 5.92 Å². The molecule has 0 aliphatic carbocycles. The molecule has 0 spiro atoms. The number of fused-ring (bicyclic) bond motifs is 4. The predicted molar refractivity (Wildman–Crippen MR) is 121 cm³/mol. The molecule has 9 heteroatoms. The zero-order valence-corrected chi connectivity index (χ0v) is 18.0. The zero-order chi connectivity index (χ0) is 21.8. The second-order valence-corrected chi connectivity index (χ2v) is 8.53. The van der Waals surface area contributed by atoms with Gasteiger partial charge in [-0.15, -0.1) is 10.2 Å². The van der Waals surface area contributed by atoms with Gasteiger partial charge in [0.1, 0.15) is 34.1 Å². The van der Waals surface area contributed by atoms with Crippen molar-refractivity contribution in [1.82, 2.24) is 24.6 Å². The van der Waals surface area contributed by atoms with Gasteiger partial charge in [-0.05, 0) is 49.6 Å². The Kier molecular flexibility index (Phi) is 4.26. The minimum Gasteiger partial charge on any atom is -0.440 e. The smallest absolute Gasteiger partial charge is 0.198 e. The molecule has 5 heterocycles. The molecule has 1 saturated heterocycles. The van der Waals surface area contributed by atoms with Crippen molar-refractivity contribution in [3.8, 4) is 6.07 Å². The Balaban J connectivity index is 1.38. The molecule has 32 heavy (non-hydrogen) atoms. The lowest BCUT2D eigenvalue weighted by atomic mass is 9.95. The molecule has 4 aromatic heterocycles. The number of piperidine rings is 1. The van der Waals surface area contributed by atoms with Gasteiger partial charge in [0.15, 0.2) is 17.1 Å². The van der Waals surface area contributed by atoms with Crippen LogP contribution in [0.4, 0.5) is 5.69 Å². The lowest BCUT2D eigenvalue weighted by Crippen LogP contribution is -2.34. The first-order chi connectivity index (χ1) is 15.6. The van der Waals surface area contributed by atoms with Crippen LogP contribution in [0.5, 0.6) is 0 Å². The van der Waals surface area contributed by atoms with Gasteiger partial charge in [0.2, 0.25) is 0 Å². The Morgan fingerprint density at radius 3 is 2.81 bits per heavy atom. The highest BCUT2D eigenvalue weighted by atomic mass is 35.5. The minimum atomic E-state index is 0.226. The van der Waals surface area contributed by atoms with E-state index in [2.05, 4.69) is 33.1 Å². The first-order valence-electron chi connectivity index (χ1n) is 10.5. The molecule has 0 radical (unpaired) electrons. The topological polar surface area (TPSA) is 96.1 Å². The van der Waals surface area contributed by atoms with Crippen LogP contribution in [0.15, 0.2) is 41.1 Å². The molecule has 1 aliphatic heterocycles. The van der Waals surface area contributed by atoms with Crippen molar-refractivity contribution in [3.63, 3.8) is 0 Å². The molecule has 1 aliphatic rings. The summed E-state index contributed by atoms with van der Waals surface area (Å²) in [7, 11) is 0. The van der Waals surface area contributed by atoms with E-state index in [1.54, 1.807) is 16.8 Å². The number of hydrogen-bond acceptors (Lipinski definition) is 7. The lowest BCUT2D eigenvalue weighted by Gasteiger charge is -2.33. The summed E-state index contributed by atoms with van der Waals surface area (Å²) in [5.74, 6) is 1.01. The monoisotopic (exact) mass is 443 g/mol. The number of benzene rings is 1. The van der Waals surface area contributed by atoms with Crippen molar-refractivity contribution in [2.75, 3.05) is 18.0 Å². The first kappa shape index (κ1) is 19.0. The summed E-state index contributed by atoms with van der Waals surface area (Å²) in [5, 5.41) is 18.6. The number of nitriles is 1. The molecule has 5 aromatic rings. The van der Waals surface area contributed by atoms with Crippen LogP contribution in [0, 0.1) is 18.3 Å². The van der Waals surface area contributed by atoms with Crippen LogP contribution in [0.25, 0.3) is 27.8 Å². The Morgan fingerprint density at radius 1 is 1.16 bits per heavy atom. The summed E-state index contributed by atoms with van der Waals surface area (Å²) < 4.78 is 7.83. The van der Waals surface area contributed by atoms with Crippen molar-refractivity contribution in [2.45, 2.75) is 25.7 Å². The van der Waals surface area contributed by atoms with E-state index in [1.807, 2.05) is 24.3 Å². The number of halogens is 1. The lowest BCUT2D eigenvalue weighted by molar-refractivity contribution is 0.407. The molecule has 1 aromatic carbocycles. The number of aromatic nitrogens is 5. The van der Waals surface area contributed by atoms with Gasteiger partial charge < -0.3 is 9.32 Å². The number of aryl methyl sites for hydroxylation is 1. The van der Waals surface area contributed by atoms with Gasteiger partial charge in [0.05, 0.1) is 11.2 Å². The van der Waals surface area contributed by atoms with Crippen LogP contribution in [-0.2, 0) is 0 Å². The highest BCUT2D eigenvalue weighted by Crippen LogP contribution is 2.37. The molecular formula is C23H18ClN7O. The third kappa shape index (κ3) is 2.89. The van der Waals surface area contributed by atoms with Crippen LogP contribution in [0.3, 0.4) is 0 Å². The van der Waals surface area contributed by atoms with Crippen molar-refractivity contribution in [2.24, 2.45) is 0 Å².